The lowest BCUT2D eigenvalue weighted by Crippen LogP contribution is -2.49. The Balaban J connectivity index is 1.28. The zero-order chi connectivity index (χ0) is 23.9. The summed E-state index contributed by atoms with van der Waals surface area (Å²) in [5, 5.41) is 0. The second-order valence-electron chi connectivity index (χ2n) is 8.11. The highest BCUT2D eigenvalue weighted by Gasteiger charge is 2.30. The van der Waals surface area contributed by atoms with Crippen molar-refractivity contribution >= 4 is 11.7 Å². The largest absolute Gasteiger partial charge is 0.454 e. The molecule has 5 rings (SSSR count). The first-order chi connectivity index (χ1) is 16.3. The first kappa shape index (κ1) is 22.0. The van der Waals surface area contributed by atoms with Gasteiger partial charge in [0.05, 0.1) is 5.56 Å². The number of amides is 1. The van der Waals surface area contributed by atoms with E-state index in [4.69, 9.17) is 9.47 Å². The Labute approximate surface area is 193 Å². The number of fused-ring (bicyclic) bond motifs is 1. The number of aromatic nitrogens is 2. The minimum Gasteiger partial charge on any atom is -0.454 e. The van der Waals surface area contributed by atoms with E-state index in [1.165, 1.54) is 12.1 Å². The molecule has 2 aromatic carbocycles. The van der Waals surface area contributed by atoms with Gasteiger partial charge >= 0.3 is 6.18 Å². The molecule has 0 unspecified atom stereocenters. The van der Waals surface area contributed by atoms with E-state index in [-0.39, 0.29) is 12.7 Å². The smallest absolute Gasteiger partial charge is 0.416 e. The molecule has 3 aromatic rings. The maximum Gasteiger partial charge on any atom is 0.416 e. The molecule has 1 fully saturated rings. The number of ether oxygens (including phenoxy) is 2. The van der Waals surface area contributed by atoms with Crippen LogP contribution in [0.2, 0.25) is 0 Å². The average molecular weight is 470 g/mol. The molecule has 1 amide bonds. The number of anilines is 1. The Kier molecular flexibility index (Phi) is 5.51. The predicted octanol–water partition coefficient (Wildman–Crippen LogP) is 4.16. The van der Waals surface area contributed by atoms with Gasteiger partial charge in [-0.1, -0.05) is 12.1 Å². The normalized spacial score (nSPS) is 15.5. The van der Waals surface area contributed by atoms with Gasteiger partial charge in [-0.2, -0.15) is 13.2 Å². The molecule has 0 spiro atoms. The summed E-state index contributed by atoms with van der Waals surface area (Å²) in [5.74, 6) is 2.16. The number of rotatable bonds is 3. The van der Waals surface area contributed by atoms with Crippen LogP contribution in [-0.4, -0.2) is 53.7 Å². The van der Waals surface area contributed by atoms with Crippen molar-refractivity contribution in [2.75, 3.05) is 37.9 Å². The van der Waals surface area contributed by atoms with Gasteiger partial charge in [0, 0.05) is 49.1 Å². The van der Waals surface area contributed by atoms with Crippen LogP contribution in [0.1, 0.15) is 21.6 Å². The number of hydrogen-bond acceptors (Lipinski definition) is 6. The maximum absolute atomic E-state index is 12.9. The van der Waals surface area contributed by atoms with Gasteiger partial charge in [0.15, 0.2) is 17.3 Å². The van der Waals surface area contributed by atoms with Gasteiger partial charge < -0.3 is 19.3 Å². The predicted molar refractivity (Wildman–Crippen MR) is 118 cm³/mol. The van der Waals surface area contributed by atoms with E-state index < -0.39 is 11.7 Å². The van der Waals surface area contributed by atoms with E-state index in [0.717, 1.165) is 12.1 Å². The number of piperazine rings is 1. The fourth-order valence-electron chi connectivity index (χ4n) is 4.00. The van der Waals surface area contributed by atoms with E-state index >= 15 is 0 Å². The van der Waals surface area contributed by atoms with Gasteiger partial charge in [-0.3, -0.25) is 4.79 Å². The summed E-state index contributed by atoms with van der Waals surface area (Å²) in [4.78, 5) is 25.7. The van der Waals surface area contributed by atoms with Crippen molar-refractivity contribution < 1.29 is 27.4 Å². The summed E-state index contributed by atoms with van der Waals surface area (Å²) >= 11 is 0. The van der Waals surface area contributed by atoms with Gasteiger partial charge in [-0.15, -0.1) is 0 Å². The summed E-state index contributed by atoms with van der Waals surface area (Å²) in [5.41, 5.74) is 1.04. The summed E-state index contributed by atoms with van der Waals surface area (Å²) in [7, 11) is 0. The number of benzene rings is 2. The summed E-state index contributed by atoms with van der Waals surface area (Å²) in [6.07, 6.45) is -4.39. The molecule has 0 bridgehead atoms. The molecular weight excluding hydrogens is 449 g/mol. The van der Waals surface area contributed by atoms with E-state index in [2.05, 4.69) is 9.97 Å². The third-order valence-electron chi connectivity index (χ3n) is 5.82. The lowest BCUT2D eigenvalue weighted by molar-refractivity contribution is -0.137. The molecule has 10 heteroatoms. The van der Waals surface area contributed by atoms with E-state index in [9.17, 15) is 18.0 Å². The van der Waals surface area contributed by atoms with Gasteiger partial charge in [0.1, 0.15) is 5.82 Å². The number of aryl methyl sites for hydroxylation is 1. The summed E-state index contributed by atoms with van der Waals surface area (Å²) in [6.45, 7) is 4.12. The van der Waals surface area contributed by atoms with Crippen LogP contribution in [-0.2, 0) is 6.18 Å². The standard InChI is InChI=1S/C24H21F3N4O3/c1-15-12-21(29-22(28-15)16-2-5-18(6-3-16)24(25,26)27)30-8-10-31(11-9-30)23(32)17-4-7-19-20(13-17)34-14-33-19/h2-7,12-13H,8-11,14H2,1H3. The third-order valence-corrected chi connectivity index (χ3v) is 5.82. The van der Waals surface area contributed by atoms with Crippen LogP contribution in [0.15, 0.2) is 48.5 Å². The lowest BCUT2D eigenvalue weighted by atomic mass is 10.1. The molecule has 176 valence electrons. The number of nitrogens with zero attached hydrogens (tertiary/aromatic N) is 4. The highest BCUT2D eigenvalue weighted by Crippen LogP contribution is 2.33. The highest BCUT2D eigenvalue weighted by molar-refractivity contribution is 5.95. The average Bonchev–Trinajstić information content (AvgIpc) is 3.31. The number of carbonyl (C=O) groups is 1. The molecule has 7 nitrogen and oxygen atoms in total. The van der Waals surface area contributed by atoms with Crippen molar-refractivity contribution in [3.05, 3.63) is 65.4 Å². The fraction of sp³-hybridized carbons (Fsp3) is 0.292. The van der Waals surface area contributed by atoms with Gasteiger partial charge in [-0.05, 0) is 37.3 Å². The van der Waals surface area contributed by atoms with Crippen molar-refractivity contribution in [1.82, 2.24) is 14.9 Å². The summed E-state index contributed by atoms with van der Waals surface area (Å²) < 4.78 is 49.3. The van der Waals surface area contributed by atoms with Crippen LogP contribution >= 0.6 is 0 Å². The second-order valence-corrected chi connectivity index (χ2v) is 8.11. The molecule has 34 heavy (non-hydrogen) atoms. The van der Waals surface area contributed by atoms with Gasteiger partial charge in [0.2, 0.25) is 6.79 Å². The van der Waals surface area contributed by atoms with Crippen LogP contribution in [0.3, 0.4) is 0 Å². The number of alkyl halides is 3. The van der Waals surface area contributed by atoms with Crippen LogP contribution in [0, 0.1) is 6.92 Å². The monoisotopic (exact) mass is 470 g/mol. The zero-order valence-corrected chi connectivity index (χ0v) is 18.3. The molecule has 2 aliphatic rings. The molecule has 0 N–H and O–H groups in total. The van der Waals surface area contributed by atoms with E-state index in [1.807, 2.05) is 17.9 Å². The lowest BCUT2D eigenvalue weighted by Gasteiger charge is -2.35. The number of halogens is 3. The molecule has 0 saturated carbocycles. The van der Waals surface area contributed by atoms with Crippen LogP contribution in [0.4, 0.5) is 19.0 Å². The Hall–Kier alpha value is -3.82. The molecule has 2 aliphatic heterocycles. The molecule has 0 aliphatic carbocycles. The molecule has 0 atom stereocenters. The van der Waals surface area contributed by atoms with Crippen LogP contribution < -0.4 is 14.4 Å². The first-order valence-corrected chi connectivity index (χ1v) is 10.7. The Morgan fingerprint density at radius 1 is 0.912 bits per heavy atom. The van der Waals surface area contributed by atoms with Crippen LogP contribution in [0.25, 0.3) is 11.4 Å². The molecule has 1 saturated heterocycles. The molecule has 1 aromatic heterocycles. The van der Waals surface area contributed by atoms with E-state index in [1.54, 1.807) is 23.1 Å². The Bertz CT molecular complexity index is 1220. The zero-order valence-electron chi connectivity index (χ0n) is 18.3. The van der Waals surface area contributed by atoms with Crippen molar-refractivity contribution in [3.63, 3.8) is 0 Å². The SMILES string of the molecule is Cc1cc(N2CCN(C(=O)c3ccc4c(c3)OCO4)CC2)nc(-c2ccc(C(F)(F)F)cc2)n1. The Morgan fingerprint density at radius 2 is 1.62 bits per heavy atom. The maximum atomic E-state index is 12.9. The minimum absolute atomic E-state index is 0.0812. The number of carbonyl (C=O) groups excluding carboxylic acids is 1. The number of hydrogen-bond donors (Lipinski definition) is 0. The molecular formula is C24H21F3N4O3. The third kappa shape index (κ3) is 4.35. The second kappa shape index (κ2) is 8.51. The highest BCUT2D eigenvalue weighted by atomic mass is 19.4. The minimum atomic E-state index is -4.39. The summed E-state index contributed by atoms with van der Waals surface area (Å²) in [6, 6.07) is 11.8. The first-order valence-electron chi connectivity index (χ1n) is 10.7. The Morgan fingerprint density at radius 3 is 2.32 bits per heavy atom. The van der Waals surface area contributed by atoms with Gasteiger partial charge in [0.25, 0.3) is 5.91 Å². The van der Waals surface area contributed by atoms with E-state index in [0.29, 0.717) is 66.1 Å². The van der Waals surface area contributed by atoms with Crippen molar-refractivity contribution in [2.24, 2.45) is 0 Å². The fourth-order valence-corrected chi connectivity index (χ4v) is 4.00. The van der Waals surface area contributed by atoms with Crippen molar-refractivity contribution in [3.8, 4) is 22.9 Å². The topological polar surface area (TPSA) is 67.8 Å². The quantitative estimate of drug-likeness (QED) is 0.573. The molecule has 0 radical (unpaired) electrons. The van der Waals surface area contributed by atoms with Gasteiger partial charge in [-0.25, -0.2) is 9.97 Å². The van der Waals surface area contributed by atoms with Crippen molar-refractivity contribution in [2.45, 2.75) is 13.1 Å². The van der Waals surface area contributed by atoms with Crippen molar-refractivity contribution in [1.29, 1.82) is 0 Å². The van der Waals surface area contributed by atoms with Crippen LogP contribution in [0.5, 0.6) is 11.5 Å². The molecule has 3 heterocycles.